The van der Waals surface area contributed by atoms with E-state index in [1.54, 1.807) is 31.2 Å². The third kappa shape index (κ3) is 2.08. The van der Waals surface area contributed by atoms with Crippen LogP contribution in [0.4, 0.5) is 0 Å². The SMILES string of the molecule is CCOC(=O)C1(C#N)C(c2ccc(Cl)cc2)N1OC. The molecule has 1 fully saturated rings. The Morgan fingerprint density at radius 2 is 2.16 bits per heavy atom. The molecule has 1 aliphatic rings. The molecule has 0 amide bonds. The monoisotopic (exact) mass is 280 g/mol. The van der Waals surface area contributed by atoms with Crippen molar-refractivity contribution in [2.24, 2.45) is 0 Å². The Hall–Kier alpha value is -1.61. The smallest absolute Gasteiger partial charge is 0.345 e. The minimum Gasteiger partial charge on any atom is -0.464 e. The number of esters is 1. The Labute approximate surface area is 116 Å². The van der Waals surface area contributed by atoms with Crippen molar-refractivity contribution in [1.82, 2.24) is 5.06 Å². The van der Waals surface area contributed by atoms with E-state index in [-0.39, 0.29) is 6.61 Å². The van der Waals surface area contributed by atoms with Gasteiger partial charge in [0.25, 0.3) is 5.54 Å². The summed E-state index contributed by atoms with van der Waals surface area (Å²) in [5.41, 5.74) is -0.626. The summed E-state index contributed by atoms with van der Waals surface area (Å²) < 4.78 is 4.96. The third-order valence-corrected chi connectivity index (χ3v) is 3.30. The quantitative estimate of drug-likeness (QED) is 0.624. The number of carbonyl (C=O) groups excluding carboxylic acids is 1. The van der Waals surface area contributed by atoms with Crippen LogP contribution in [0, 0.1) is 11.3 Å². The zero-order valence-corrected chi connectivity index (χ0v) is 11.3. The molecule has 0 saturated carbocycles. The zero-order valence-electron chi connectivity index (χ0n) is 10.6. The van der Waals surface area contributed by atoms with Crippen molar-refractivity contribution in [3.8, 4) is 6.07 Å². The van der Waals surface area contributed by atoms with E-state index in [0.717, 1.165) is 5.56 Å². The Morgan fingerprint density at radius 1 is 1.53 bits per heavy atom. The second-order valence-electron chi connectivity index (χ2n) is 4.06. The van der Waals surface area contributed by atoms with Crippen molar-refractivity contribution < 1.29 is 14.4 Å². The third-order valence-electron chi connectivity index (χ3n) is 3.05. The summed E-state index contributed by atoms with van der Waals surface area (Å²) in [7, 11) is 1.42. The van der Waals surface area contributed by atoms with E-state index in [2.05, 4.69) is 0 Å². The first kappa shape index (κ1) is 13.8. The van der Waals surface area contributed by atoms with Gasteiger partial charge in [-0.25, -0.2) is 4.79 Å². The molecule has 6 heteroatoms. The fourth-order valence-corrected chi connectivity index (χ4v) is 2.26. The summed E-state index contributed by atoms with van der Waals surface area (Å²) in [6.45, 7) is 1.91. The molecule has 19 heavy (non-hydrogen) atoms. The lowest BCUT2D eigenvalue weighted by atomic mass is 10.0. The van der Waals surface area contributed by atoms with Gasteiger partial charge in [-0.2, -0.15) is 5.26 Å². The molecule has 3 unspecified atom stereocenters. The van der Waals surface area contributed by atoms with Gasteiger partial charge < -0.3 is 4.74 Å². The second kappa shape index (κ2) is 5.17. The van der Waals surface area contributed by atoms with E-state index >= 15 is 0 Å². The van der Waals surface area contributed by atoms with Gasteiger partial charge >= 0.3 is 5.97 Å². The fraction of sp³-hybridized carbons (Fsp3) is 0.385. The molecule has 0 spiro atoms. The Bertz CT molecular complexity index is 526. The minimum atomic E-state index is -1.40. The molecule has 100 valence electrons. The van der Waals surface area contributed by atoms with Crippen LogP contribution in [0.15, 0.2) is 24.3 Å². The van der Waals surface area contributed by atoms with Crippen LogP contribution in [0.25, 0.3) is 0 Å². The summed E-state index contributed by atoms with van der Waals surface area (Å²) in [6, 6.07) is 8.45. The summed E-state index contributed by atoms with van der Waals surface area (Å²) in [5.74, 6) is -0.598. The average Bonchev–Trinajstić information content (AvgIpc) is 3.09. The Morgan fingerprint density at radius 3 is 2.63 bits per heavy atom. The first-order valence-electron chi connectivity index (χ1n) is 5.79. The van der Waals surface area contributed by atoms with Gasteiger partial charge in [0.05, 0.1) is 13.7 Å². The lowest BCUT2D eigenvalue weighted by molar-refractivity contribution is -0.152. The molecule has 1 aromatic rings. The number of halogens is 1. The molecule has 1 aromatic carbocycles. The predicted octanol–water partition coefficient (Wildman–Crippen LogP) is 2.08. The van der Waals surface area contributed by atoms with Gasteiger partial charge in [0.1, 0.15) is 12.1 Å². The lowest BCUT2D eigenvalue weighted by Gasteiger charge is -2.06. The molecular weight excluding hydrogens is 268 g/mol. The number of nitrogens with zero attached hydrogens (tertiary/aromatic N) is 2. The summed E-state index contributed by atoms with van der Waals surface area (Å²) in [6.07, 6.45) is 0. The number of hydrogen-bond donors (Lipinski definition) is 0. The maximum Gasteiger partial charge on any atom is 0.345 e. The molecule has 2 rings (SSSR count). The van der Waals surface area contributed by atoms with Gasteiger partial charge in [-0.3, -0.25) is 4.84 Å². The molecule has 0 N–H and O–H groups in total. The zero-order chi connectivity index (χ0) is 14.0. The van der Waals surface area contributed by atoms with E-state index in [4.69, 9.17) is 21.2 Å². The van der Waals surface area contributed by atoms with Crippen molar-refractivity contribution in [2.75, 3.05) is 13.7 Å². The Kier molecular flexibility index (Phi) is 3.76. The number of hydroxylamine groups is 2. The molecule has 0 aliphatic carbocycles. The molecule has 3 atom stereocenters. The van der Waals surface area contributed by atoms with Gasteiger partial charge in [-0.05, 0) is 24.6 Å². The van der Waals surface area contributed by atoms with E-state index in [9.17, 15) is 10.1 Å². The number of benzene rings is 1. The van der Waals surface area contributed by atoms with Crippen LogP contribution in [0.3, 0.4) is 0 Å². The molecule has 5 nitrogen and oxygen atoms in total. The largest absolute Gasteiger partial charge is 0.464 e. The first-order chi connectivity index (χ1) is 9.11. The van der Waals surface area contributed by atoms with Gasteiger partial charge in [-0.1, -0.05) is 23.7 Å². The maximum atomic E-state index is 12.0. The van der Waals surface area contributed by atoms with Crippen molar-refractivity contribution in [1.29, 1.82) is 5.26 Å². The molecular formula is C13H13ClN2O3. The minimum absolute atomic E-state index is 0.215. The average molecular weight is 281 g/mol. The normalized spacial score (nSPS) is 28.5. The van der Waals surface area contributed by atoms with Crippen LogP contribution in [-0.2, 0) is 14.4 Å². The summed E-state index contributed by atoms with van der Waals surface area (Å²) >= 11 is 5.82. The second-order valence-corrected chi connectivity index (χ2v) is 4.50. The Balaban J connectivity index is 2.33. The van der Waals surface area contributed by atoms with Crippen LogP contribution in [-0.4, -0.2) is 30.3 Å². The highest BCUT2D eigenvalue weighted by Gasteiger charge is 2.72. The van der Waals surface area contributed by atoms with Crippen molar-refractivity contribution in [2.45, 2.75) is 18.5 Å². The maximum absolute atomic E-state index is 12.0. The van der Waals surface area contributed by atoms with E-state index in [1.165, 1.54) is 12.2 Å². The standard InChI is InChI=1S/C13H13ClN2O3/c1-3-19-12(17)13(8-15)11(16(13)18-2)9-4-6-10(14)7-5-9/h4-7,11H,3H2,1-2H3. The number of ether oxygens (including phenoxy) is 1. The first-order valence-corrected chi connectivity index (χ1v) is 6.17. The summed E-state index contributed by atoms with van der Waals surface area (Å²) in [5, 5.41) is 11.3. The molecule has 1 heterocycles. The van der Waals surface area contributed by atoms with Gasteiger partial charge in [0.2, 0.25) is 0 Å². The molecule has 0 aromatic heterocycles. The van der Waals surface area contributed by atoms with Crippen LogP contribution < -0.4 is 0 Å². The molecule has 0 radical (unpaired) electrons. The molecule has 1 aliphatic heterocycles. The van der Waals surface area contributed by atoms with Crippen LogP contribution >= 0.6 is 11.6 Å². The van der Waals surface area contributed by atoms with Gasteiger partial charge in [0.15, 0.2) is 0 Å². The number of nitriles is 1. The van der Waals surface area contributed by atoms with Crippen molar-refractivity contribution >= 4 is 17.6 Å². The van der Waals surface area contributed by atoms with E-state index in [1.807, 2.05) is 6.07 Å². The van der Waals surface area contributed by atoms with Gasteiger partial charge in [0, 0.05) is 5.02 Å². The highest BCUT2D eigenvalue weighted by molar-refractivity contribution is 6.30. The topological polar surface area (TPSA) is 62.3 Å². The number of rotatable bonds is 4. The van der Waals surface area contributed by atoms with Crippen LogP contribution in [0.1, 0.15) is 18.5 Å². The van der Waals surface area contributed by atoms with Crippen molar-refractivity contribution in [3.63, 3.8) is 0 Å². The highest BCUT2D eigenvalue weighted by Crippen LogP contribution is 2.53. The fourth-order valence-electron chi connectivity index (χ4n) is 2.14. The predicted molar refractivity (Wildman–Crippen MR) is 68.0 cm³/mol. The highest BCUT2D eigenvalue weighted by atomic mass is 35.5. The van der Waals surface area contributed by atoms with E-state index < -0.39 is 17.6 Å². The summed E-state index contributed by atoms with van der Waals surface area (Å²) in [4.78, 5) is 17.1. The lowest BCUT2D eigenvalue weighted by Crippen LogP contribution is -2.30. The van der Waals surface area contributed by atoms with Crippen molar-refractivity contribution in [3.05, 3.63) is 34.9 Å². The van der Waals surface area contributed by atoms with E-state index in [0.29, 0.717) is 5.02 Å². The van der Waals surface area contributed by atoms with Gasteiger partial charge in [-0.15, -0.1) is 5.06 Å². The van der Waals surface area contributed by atoms with Crippen LogP contribution in [0.2, 0.25) is 5.02 Å². The number of carbonyl (C=O) groups is 1. The number of hydrogen-bond acceptors (Lipinski definition) is 5. The molecule has 1 saturated heterocycles. The molecule has 0 bridgehead atoms. The van der Waals surface area contributed by atoms with Crippen LogP contribution in [0.5, 0.6) is 0 Å².